The first-order valence-electron chi connectivity index (χ1n) is 3.54. The van der Waals surface area contributed by atoms with Crippen LogP contribution in [0, 0.1) is 5.92 Å². The van der Waals surface area contributed by atoms with Crippen molar-refractivity contribution in [3.63, 3.8) is 0 Å². The summed E-state index contributed by atoms with van der Waals surface area (Å²) in [6.45, 7) is 2.76. The molecule has 0 amide bonds. The molecular formula is C7H13NO2. The average molecular weight is 143 g/mol. The van der Waals surface area contributed by atoms with Crippen LogP contribution in [0.15, 0.2) is 0 Å². The quantitative estimate of drug-likeness (QED) is 0.578. The number of rotatable bonds is 1. The zero-order valence-electron chi connectivity index (χ0n) is 6.37. The van der Waals surface area contributed by atoms with Crippen LogP contribution in [0.3, 0.4) is 0 Å². The van der Waals surface area contributed by atoms with Gasteiger partial charge in [-0.15, -0.1) is 0 Å². The highest BCUT2D eigenvalue weighted by molar-refractivity contribution is 5.70. The number of nitrogens with zero attached hydrogens (tertiary/aromatic N) is 1. The van der Waals surface area contributed by atoms with Gasteiger partial charge in [0.05, 0.1) is 5.92 Å². The minimum atomic E-state index is -0.656. The maximum Gasteiger partial charge on any atom is 0.307 e. The van der Waals surface area contributed by atoms with E-state index in [2.05, 4.69) is 11.8 Å². The Kier molecular flexibility index (Phi) is 1.94. The Morgan fingerprint density at radius 1 is 1.70 bits per heavy atom. The number of likely N-dealkylation sites (tertiary alicyclic amines) is 1. The van der Waals surface area contributed by atoms with E-state index in [1.54, 1.807) is 0 Å². The molecule has 0 aliphatic carbocycles. The Morgan fingerprint density at radius 3 is 2.50 bits per heavy atom. The Bertz CT molecular complexity index is 137. The van der Waals surface area contributed by atoms with Crippen molar-refractivity contribution in [2.45, 2.75) is 19.4 Å². The minimum Gasteiger partial charge on any atom is -0.481 e. The molecule has 2 atom stereocenters. The Labute approximate surface area is 60.6 Å². The van der Waals surface area contributed by atoms with Crippen molar-refractivity contribution in [1.29, 1.82) is 0 Å². The summed E-state index contributed by atoms with van der Waals surface area (Å²) in [5.74, 6) is -0.795. The van der Waals surface area contributed by atoms with E-state index < -0.39 is 5.97 Å². The van der Waals surface area contributed by atoms with Crippen molar-refractivity contribution in [3.05, 3.63) is 0 Å². The van der Waals surface area contributed by atoms with Gasteiger partial charge in [0, 0.05) is 12.6 Å². The van der Waals surface area contributed by atoms with E-state index in [4.69, 9.17) is 5.11 Å². The van der Waals surface area contributed by atoms with E-state index in [-0.39, 0.29) is 5.92 Å². The van der Waals surface area contributed by atoms with E-state index in [1.807, 2.05) is 7.05 Å². The molecule has 1 saturated heterocycles. The predicted molar refractivity (Wildman–Crippen MR) is 37.8 cm³/mol. The smallest absolute Gasteiger partial charge is 0.307 e. The fraction of sp³-hybridized carbons (Fsp3) is 0.857. The maximum atomic E-state index is 10.5. The second kappa shape index (κ2) is 2.58. The van der Waals surface area contributed by atoms with Crippen LogP contribution in [0.4, 0.5) is 0 Å². The number of hydrogen-bond acceptors (Lipinski definition) is 2. The van der Waals surface area contributed by atoms with E-state index in [0.717, 1.165) is 6.42 Å². The van der Waals surface area contributed by atoms with Gasteiger partial charge in [-0.1, -0.05) is 0 Å². The average Bonchev–Trinajstić information content (AvgIpc) is 2.13. The predicted octanol–water partition coefficient (Wildman–Crippen LogP) is 0.411. The third kappa shape index (κ3) is 1.29. The summed E-state index contributed by atoms with van der Waals surface area (Å²) >= 11 is 0. The van der Waals surface area contributed by atoms with E-state index >= 15 is 0 Å². The summed E-state index contributed by atoms with van der Waals surface area (Å²) in [6, 6.07) is 0.432. The standard InChI is InChI=1S/C7H13NO2/c1-5-3-6(7(9)10)4-8(5)2/h5-6H,3-4H2,1-2H3,(H,9,10)/t5-,6+/m0/s1. The molecule has 1 heterocycles. The summed E-state index contributed by atoms with van der Waals surface area (Å²) in [4.78, 5) is 12.5. The van der Waals surface area contributed by atoms with Crippen molar-refractivity contribution in [2.24, 2.45) is 5.92 Å². The monoisotopic (exact) mass is 143 g/mol. The van der Waals surface area contributed by atoms with Gasteiger partial charge in [-0.2, -0.15) is 0 Å². The van der Waals surface area contributed by atoms with Crippen molar-refractivity contribution in [1.82, 2.24) is 4.90 Å². The molecule has 1 N–H and O–H groups in total. The third-order valence-electron chi connectivity index (χ3n) is 2.24. The van der Waals surface area contributed by atoms with Crippen LogP contribution in [0.2, 0.25) is 0 Å². The first-order valence-corrected chi connectivity index (χ1v) is 3.54. The second-order valence-electron chi connectivity index (χ2n) is 3.06. The Balaban J connectivity index is 2.49. The van der Waals surface area contributed by atoms with Gasteiger partial charge in [-0.05, 0) is 20.4 Å². The van der Waals surface area contributed by atoms with Crippen LogP contribution in [0.1, 0.15) is 13.3 Å². The zero-order valence-corrected chi connectivity index (χ0v) is 6.37. The second-order valence-corrected chi connectivity index (χ2v) is 3.06. The molecule has 3 nitrogen and oxygen atoms in total. The molecule has 0 bridgehead atoms. The zero-order chi connectivity index (χ0) is 7.72. The van der Waals surface area contributed by atoms with Gasteiger partial charge in [-0.3, -0.25) is 4.79 Å². The molecule has 0 saturated carbocycles. The number of carbonyl (C=O) groups is 1. The third-order valence-corrected chi connectivity index (χ3v) is 2.24. The van der Waals surface area contributed by atoms with Crippen LogP contribution in [-0.2, 0) is 4.79 Å². The summed E-state index contributed by atoms with van der Waals surface area (Å²) in [5.41, 5.74) is 0. The molecule has 3 heteroatoms. The fourth-order valence-corrected chi connectivity index (χ4v) is 1.37. The van der Waals surface area contributed by atoms with Gasteiger partial charge in [0.25, 0.3) is 0 Å². The number of hydrogen-bond donors (Lipinski definition) is 1. The van der Waals surface area contributed by atoms with Crippen molar-refractivity contribution < 1.29 is 9.90 Å². The molecule has 0 aromatic heterocycles. The Hall–Kier alpha value is -0.570. The van der Waals surface area contributed by atoms with Crippen LogP contribution >= 0.6 is 0 Å². The molecule has 1 aliphatic heterocycles. The molecule has 0 aromatic carbocycles. The van der Waals surface area contributed by atoms with Crippen LogP contribution in [0.25, 0.3) is 0 Å². The molecule has 1 fully saturated rings. The summed E-state index contributed by atoms with van der Waals surface area (Å²) in [6.07, 6.45) is 0.797. The normalized spacial score (nSPS) is 34.6. The lowest BCUT2D eigenvalue weighted by molar-refractivity contribution is -0.141. The maximum absolute atomic E-state index is 10.5. The van der Waals surface area contributed by atoms with Gasteiger partial charge in [-0.25, -0.2) is 0 Å². The minimum absolute atomic E-state index is 0.139. The van der Waals surface area contributed by atoms with E-state index in [9.17, 15) is 4.79 Å². The largest absolute Gasteiger partial charge is 0.481 e. The summed E-state index contributed by atoms with van der Waals surface area (Å²) < 4.78 is 0. The number of aliphatic carboxylic acids is 1. The highest BCUT2D eigenvalue weighted by atomic mass is 16.4. The van der Waals surface area contributed by atoms with Gasteiger partial charge in [0.15, 0.2) is 0 Å². The van der Waals surface area contributed by atoms with Crippen molar-refractivity contribution in [3.8, 4) is 0 Å². The van der Waals surface area contributed by atoms with Crippen molar-refractivity contribution >= 4 is 5.97 Å². The van der Waals surface area contributed by atoms with Crippen LogP contribution < -0.4 is 0 Å². The fourth-order valence-electron chi connectivity index (χ4n) is 1.37. The van der Waals surface area contributed by atoms with Gasteiger partial charge >= 0.3 is 5.97 Å². The first kappa shape index (κ1) is 7.54. The SMILES string of the molecule is C[C@H]1C[C@@H](C(=O)O)CN1C. The lowest BCUT2D eigenvalue weighted by Crippen LogP contribution is -2.22. The molecule has 58 valence electrons. The molecule has 0 aromatic rings. The topological polar surface area (TPSA) is 40.5 Å². The molecular weight excluding hydrogens is 130 g/mol. The number of carboxylic acid groups (broad SMARTS) is 1. The van der Waals surface area contributed by atoms with Gasteiger partial charge in [0.2, 0.25) is 0 Å². The lowest BCUT2D eigenvalue weighted by Gasteiger charge is -2.12. The van der Waals surface area contributed by atoms with Crippen LogP contribution in [-0.4, -0.2) is 35.6 Å². The molecule has 1 aliphatic rings. The molecule has 0 unspecified atom stereocenters. The van der Waals surface area contributed by atoms with Gasteiger partial charge < -0.3 is 10.0 Å². The van der Waals surface area contributed by atoms with E-state index in [0.29, 0.717) is 12.6 Å². The molecule has 1 rings (SSSR count). The Morgan fingerprint density at radius 2 is 2.30 bits per heavy atom. The van der Waals surface area contributed by atoms with E-state index in [1.165, 1.54) is 0 Å². The highest BCUT2D eigenvalue weighted by Gasteiger charge is 2.30. The lowest BCUT2D eigenvalue weighted by atomic mass is 10.1. The summed E-state index contributed by atoms with van der Waals surface area (Å²) in [7, 11) is 1.97. The summed E-state index contributed by atoms with van der Waals surface area (Å²) in [5, 5.41) is 8.62. The van der Waals surface area contributed by atoms with Crippen molar-refractivity contribution in [2.75, 3.05) is 13.6 Å². The van der Waals surface area contributed by atoms with Crippen LogP contribution in [0.5, 0.6) is 0 Å². The van der Waals surface area contributed by atoms with Gasteiger partial charge in [0.1, 0.15) is 0 Å². The molecule has 10 heavy (non-hydrogen) atoms. The first-order chi connectivity index (χ1) is 4.61. The molecule has 0 radical (unpaired) electrons. The highest BCUT2D eigenvalue weighted by Crippen LogP contribution is 2.20. The molecule has 0 spiro atoms. The number of carboxylic acids is 1.